The number of hydrogen-bond donors (Lipinski definition) is 2. The van der Waals surface area contributed by atoms with Gasteiger partial charge in [-0.3, -0.25) is 5.43 Å². The minimum Gasteiger partial charge on any atom is -0.341 e. The molecule has 2 saturated heterocycles. The van der Waals surface area contributed by atoms with Crippen LogP contribution in [0.15, 0.2) is 0 Å². The molecule has 0 spiro atoms. The molecular weight excluding hydrogens is 274 g/mol. The van der Waals surface area contributed by atoms with Gasteiger partial charge in [-0.25, -0.2) is 5.84 Å². The van der Waals surface area contributed by atoms with E-state index in [1.54, 1.807) is 0 Å². The van der Waals surface area contributed by atoms with Crippen molar-refractivity contribution in [1.29, 1.82) is 0 Å². The van der Waals surface area contributed by atoms with Crippen LogP contribution in [0.5, 0.6) is 0 Å². The summed E-state index contributed by atoms with van der Waals surface area (Å²) in [5.41, 5.74) is 2.57. The van der Waals surface area contributed by atoms with Gasteiger partial charge in [0.25, 0.3) is 0 Å². The molecule has 2 fully saturated rings. The minimum absolute atomic E-state index is 0.453. The number of nitrogens with one attached hydrogen (secondary N) is 1. The third-order valence-electron chi connectivity index (χ3n) is 3.67. The molecule has 0 unspecified atom stereocenters. The van der Waals surface area contributed by atoms with Gasteiger partial charge < -0.3 is 9.80 Å². The Morgan fingerprint density at radius 3 is 2.05 bits per heavy atom. The van der Waals surface area contributed by atoms with Gasteiger partial charge in [-0.2, -0.15) is 26.7 Å². The smallest absolute Gasteiger partial charge is 0.243 e. The Morgan fingerprint density at radius 1 is 0.850 bits per heavy atom. The SMILES string of the molecule is NNc1nc(N2CCCCC2)nc(N2CCSCC2)n1. The van der Waals surface area contributed by atoms with E-state index in [2.05, 4.69) is 30.2 Å². The van der Waals surface area contributed by atoms with Crippen molar-refractivity contribution in [1.82, 2.24) is 15.0 Å². The van der Waals surface area contributed by atoms with Crippen LogP contribution >= 0.6 is 11.8 Å². The molecule has 1 aromatic rings. The molecule has 2 aliphatic heterocycles. The largest absolute Gasteiger partial charge is 0.341 e. The molecule has 0 atom stereocenters. The van der Waals surface area contributed by atoms with Crippen molar-refractivity contribution >= 4 is 29.6 Å². The first-order valence-corrected chi connectivity index (χ1v) is 8.32. The van der Waals surface area contributed by atoms with Crippen LogP contribution in [0.25, 0.3) is 0 Å². The summed E-state index contributed by atoms with van der Waals surface area (Å²) in [6.07, 6.45) is 3.69. The quantitative estimate of drug-likeness (QED) is 0.623. The van der Waals surface area contributed by atoms with Crippen LogP contribution in [-0.4, -0.2) is 52.6 Å². The molecule has 1 aromatic heterocycles. The van der Waals surface area contributed by atoms with Crippen LogP contribution in [0.2, 0.25) is 0 Å². The number of hydrogen-bond acceptors (Lipinski definition) is 8. The number of rotatable bonds is 3. The van der Waals surface area contributed by atoms with E-state index < -0.39 is 0 Å². The minimum atomic E-state index is 0.453. The van der Waals surface area contributed by atoms with Crippen LogP contribution in [0.3, 0.4) is 0 Å². The van der Waals surface area contributed by atoms with Crippen molar-refractivity contribution in [2.75, 3.05) is 52.9 Å². The topological polar surface area (TPSA) is 83.2 Å². The predicted molar refractivity (Wildman–Crippen MR) is 83.2 cm³/mol. The Morgan fingerprint density at radius 2 is 1.45 bits per heavy atom. The summed E-state index contributed by atoms with van der Waals surface area (Å²) in [7, 11) is 0. The van der Waals surface area contributed by atoms with E-state index in [1.807, 2.05) is 11.8 Å². The fourth-order valence-corrected chi connectivity index (χ4v) is 3.46. The molecule has 0 amide bonds. The van der Waals surface area contributed by atoms with E-state index in [0.717, 1.165) is 49.6 Å². The van der Waals surface area contributed by atoms with Gasteiger partial charge in [0, 0.05) is 37.7 Å². The number of piperidine rings is 1. The summed E-state index contributed by atoms with van der Waals surface area (Å²) >= 11 is 1.97. The summed E-state index contributed by atoms with van der Waals surface area (Å²) in [5.74, 6) is 9.69. The Bertz CT molecular complexity index is 407. The number of hydrazine groups is 1. The van der Waals surface area contributed by atoms with Crippen LogP contribution in [0.4, 0.5) is 17.8 Å². The van der Waals surface area contributed by atoms with E-state index >= 15 is 0 Å². The molecule has 0 aromatic carbocycles. The first-order valence-electron chi connectivity index (χ1n) is 7.17. The zero-order chi connectivity index (χ0) is 13.8. The third kappa shape index (κ3) is 3.06. The maximum atomic E-state index is 5.50. The van der Waals surface area contributed by atoms with Gasteiger partial charge >= 0.3 is 0 Å². The summed E-state index contributed by atoms with van der Waals surface area (Å²) in [5, 5.41) is 0. The Kier molecular flexibility index (Phi) is 4.41. The second-order valence-electron chi connectivity index (χ2n) is 5.05. The normalized spacial score (nSPS) is 20.1. The molecule has 20 heavy (non-hydrogen) atoms. The average molecular weight is 295 g/mol. The standard InChI is InChI=1S/C12H21N7S/c13-17-10-14-11(18-4-2-1-3-5-18)16-12(15-10)19-6-8-20-9-7-19/h1-9,13H2,(H,14,15,16,17). The van der Waals surface area contributed by atoms with Crippen LogP contribution in [-0.2, 0) is 0 Å². The lowest BCUT2D eigenvalue weighted by molar-refractivity contribution is 0.567. The summed E-state index contributed by atoms with van der Waals surface area (Å²) in [4.78, 5) is 17.9. The van der Waals surface area contributed by atoms with E-state index in [1.165, 1.54) is 19.3 Å². The first kappa shape index (κ1) is 13.7. The van der Waals surface area contributed by atoms with Gasteiger partial charge in [0.2, 0.25) is 17.8 Å². The highest BCUT2D eigenvalue weighted by Gasteiger charge is 2.19. The highest BCUT2D eigenvalue weighted by Crippen LogP contribution is 2.21. The van der Waals surface area contributed by atoms with Crippen LogP contribution < -0.4 is 21.1 Å². The third-order valence-corrected chi connectivity index (χ3v) is 4.62. The lowest BCUT2D eigenvalue weighted by Crippen LogP contribution is -2.36. The molecule has 110 valence electrons. The maximum Gasteiger partial charge on any atom is 0.243 e. The molecule has 3 N–H and O–H groups in total. The maximum absolute atomic E-state index is 5.50. The molecule has 0 saturated carbocycles. The summed E-state index contributed by atoms with van der Waals surface area (Å²) in [6.45, 7) is 4.00. The highest BCUT2D eigenvalue weighted by atomic mass is 32.2. The van der Waals surface area contributed by atoms with Gasteiger partial charge in [0.15, 0.2) is 0 Å². The van der Waals surface area contributed by atoms with Crippen molar-refractivity contribution in [3.63, 3.8) is 0 Å². The number of aromatic nitrogens is 3. The van der Waals surface area contributed by atoms with E-state index in [-0.39, 0.29) is 0 Å². The van der Waals surface area contributed by atoms with E-state index in [4.69, 9.17) is 5.84 Å². The second kappa shape index (κ2) is 6.45. The highest BCUT2D eigenvalue weighted by molar-refractivity contribution is 7.99. The molecule has 2 aliphatic rings. The lowest BCUT2D eigenvalue weighted by Gasteiger charge is -2.30. The molecular formula is C12H21N7S. The van der Waals surface area contributed by atoms with Crippen molar-refractivity contribution in [3.8, 4) is 0 Å². The van der Waals surface area contributed by atoms with Gasteiger partial charge in [0.1, 0.15) is 0 Å². The number of nitrogen functional groups attached to an aromatic ring is 1. The van der Waals surface area contributed by atoms with Gasteiger partial charge in [-0.05, 0) is 19.3 Å². The molecule has 7 nitrogen and oxygen atoms in total. The Labute approximate surface area is 123 Å². The first-order chi connectivity index (χ1) is 9.86. The fraction of sp³-hybridized carbons (Fsp3) is 0.750. The predicted octanol–water partition coefficient (Wildman–Crippen LogP) is 0.701. The zero-order valence-electron chi connectivity index (χ0n) is 11.6. The lowest BCUT2D eigenvalue weighted by atomic mass is 10.1. The van der Waals surface area contributed by atoms with Crippen LogP contribution in [0.1, 0.15) is 19.3 Å². The van der Waals surface area contributed by atoms with Crippen molar-refractivity contribution < 1.29 is 0 Å². The summed E-state index contributed by atoms with van der Waals surface area (Å²) in [6, 6.07) is 0. The fourth-order valence-electron chi connectivity index (χ4n) is 2.56. The molecule has 3 rings (SSSR count). The number of anilines is 3. The Hall–Kier alpha value is -1.28. The number of nitrogens with zero attached hydrogens (tertiary/aromatic N) is 5. The van der Waals surface area contributed by atoms with Crippen LogP contribution in [0, 0.1) is 0 Å². The molecule has 3 heterocycles. The second-order valence-corrected chi connectivity index (χ2v) is 6.28. The molecule has 0 radical (unpaired) electrons. The van der Waals surface area contributed by atoms with Crippen molar-refractivity contribution in [3.05, 3.63) is 0 Å². The van der Waals surface area contributed by atoms with Crippen molar-refractivity contribution in [2.45, 2.75) is 19.3 Å². The van der Waals surface area contributed by atoms with E-state index in [0.29, 0.717) is 5.95 Å². The summed E-state index contributed by atoms with van der Waals surface area (Å²) < 4.78 is 0. The monoisotopic (exact) mass is 295 g/mol. The van der Waals surface area contributed by atoms with Gasteiger partial charge in [-0.15, -0.1) is 0 Å². The molecule has 8 heteroatoms. The van der Waals surface area contributed by atoms with Gasteiger partial charge in [0.05, 0.1) is 0 Å². The van der Waals surface area contributed by atoms with E-state index in [9.17, 15) is 0 Å². The number of thioether (sulfide) groups is 1. The molecule has 0 bridgehead atoms. The zero-order valence-corrected chi connectivity index (χ0v) is 12.4. The number of nitrogens with two attached hydrogens (primary N) is 1. The van der Waals surface area contributed by atoms with Crippen molar-refractivity contribution in [2.24, 2.45) is 5.84 Å². The average Bonchev–Trinajstić information content (AvgIpc) is 2.56. The van der Waals surface area contributed by atoms with Gasteiger partial charge in [-0.1, -0.05) is 0 Å². The Balaban J connectivity index is 1.85. The molecule has 0 aliphatic carbocycles.